The first-order valence-electron chi connectivity index (χ1n) is 7.36. The number of carbonyl (C=O) groups excluding carboxylic acids is 1. The molecule has 0 aliphatic heterocycles. The van der Waals surface area contributed by atoms with Gasteiger partial charge in [0.1, 0.15) is 0 Å². The molecule has 3 heteroatoms. The Kier molecular flexibility index (Phi) is 3.65. The van der Waals surface area contributed by atoms with Crippen molar-refractivity contribution in [2.24, 2.45) is 0 Å². The van der Waals surface area contributed by atoms with E-state index < -0.39 is 0 Å². The van der Waals surface area contributed by atoms with Crippen molar-refractivity contribution in [3.05, 3.63) is 59.7 Å². The molecule has 2 aromatic carbocycles. The van der Waals surface area contributed by atoms with Crippen LogP contribution in [0.1, 0.15) is 35.7 Å². The van der Waals surface area contributed by atoms with Gasteiger partial charge in [0, 0.05) is 29.5 Å². The Morgan fingerprint density at radius 1 is 1.19 bits per heavy atom. The number of hydrogen-bond donors (Lipinski definition) is 1. The van der Waals surface area contributed by atoms with E-state index in [1.165, 1.54) is 18.4 Å². The number of ketones is 1. The molecular formula is C18H20N2O. The lowest BCUT2D eigenvalue weighted by Crippen LogP contribution is -2.25. The first kappa shape index (κ1) is 13.7. The zero-order valence-electron chi connectivity index (χ0n) is 12.3. The van der Waals surface area contributed by atoms with E-state index in [1.54, 1.807) is 6.92 Å². The maximum absolute atomic E-state index is 11.7. The number of Topliss-reactive ketones (excluding diaryl/α,β-unsaturated/α-hetero) is 1. The van der Waals surface area contributed by atoms with Gasteiger partial charge in [0.2, 0.25) is 0 Å². The van der Waals surface area contributed by atoms with Gasteiger partial charge in [-0.1, -0.05) is 30.3 Å². The fourth-order valence-electron chi connectivity index (χ4n) is 2.63. The predicted octanol–water partition coefficient (Wildman–Crippen LogP) is 3.64. The van der Waals surface area contributed by atoms with Crippen LogP contribution in [0.3, 0.4) is 0 Å². The molecule has 108 valence electrons. The summed E-state index contributed by atoms with van der Waals surface area (Å²) in [6.45, 7) is 2.43. The molecule has 0 bridgehead atoms. The first-order chi connectivity index (χ1) is 10.1. The molecule has 1 saturated carbocycles. The monoisotopic (exact) mass is 280 g/mol. The lowest BCUT2D eigenvalue weighted by atomic mass is 10.1. The zero-order valence-corrected chi connectivity index (χ0v) is 12.3. The van der Waals surface area contributed by atoms with E-state index in [1.807, 2.05) is 24.3 Å². The fourth-order valence-corrected chi connectivity index (χ4v) is 2.63. The molecule has 0 heterocycles. The van der Waals surface area contributed by atoms with Gasteiger partial charge in [-0.25, -0.2) is 0 Å². The lowest BCUT2D eigenvalue weighted by Gasteiger charge is -2.25. The number of nitrogens with zero attached hydrogens (tertiary/aromatic N) is 1. The topological polar surface area (TPSA) is 46.3 Å². The van der Waals surface area contributed by atoms with Crippen LogP contribution in [0.4, 0.5) is 11.4 Å². The quantitative estimate of drug-likeness (QED) is 0.672. The summed E-state index contributed by atoms with van der Waals surface area (Å²) < 4.78 is 0. The summed E-state index contributed by atoms with van der Waals surface area (Å²) in [5, 5.41) is 0. The van der Waals surface area contributed by atoms with E-state index in [4.69, 9.17) is 5.73 Å². The van der Waals surface area contributed by atoms with Gasteiger partial charge in [-0.3, -0.25) is 4.79 Å². The minimum absolute atomic E-state index is 0.0183. The molecule has 2 aromatic rings. The molecule has 1 aliphatic carbocycles. The molecule has 2 N–H and O–H groups in total. The predicted molar refractivity (Wildman–Crippen MR) is 86.5 cm³/mol. The van der Waals surface area contributed by atoms with E-state index in [-0.39, 0.29) is 5.78 Å². The molecule has 21 heavy (non-hydrogen) atoms. The average Bonchev–Trinajstić information content (AvgIpc) is 3.31. The zero-order chi connectivity index (χ0) is 14.8. The van der Waals surface area contributed by atoms with E-state index >= 15 is 0 Å². The molecule has 1 aliphatic rings. The number of anilines is 2. The Morgan fingerprint density at radius 2 is 1.90 bits per heavy atom. The maximum atomic E-state index is 11.7. The minimum Gasteiger partial charge on any atom is -0.398 e. The third-order valence-electron chi connectivity index (χ3n) is 3.93. The highest BCUT2D eigenvalue weighted by atomic mass is 16.1. The Balaban J connectivity index is 1.91. The number of hydrogen-bond acceptors (Lipinski definition) is 3. The molecule has 3 rings (SSSR count). The summed E-state index contributed by atoms with van der Waals surface area (Å²) in [7, 11) is 0. The van der Waals surface area contributed by atoms with Gasteiger partial charge in [-0.15, -0.1) is 0 Å². The Morgan fingerprint density at radius 3 is 2.52 bits per heavy atom. The summed E-state index contributed by atoms with van der Waals surface area (Å²) in [5.41, 5.74) is 9.44. The maximum Gasteiger partial charge on any atom is 0.161 e. The van der Waals surface area contributed by atoms with Crippen molar-refractivity contribution < 1.29 is 4.79 Å². The van der Waals surface area contributed by atoms with Gasteiger partial charge in [-0.2, -0.15) is 0 Å². The number of carbonyl (C=O) groups is 1. The van der Waals surface area contributed by atoms with Crippen LogP contribution in [0.5, 0.6) is 0 Å². The van der Waals surface area contributed by atoms with Gasteiger partial charge in [0.05, 0.1) is 0 Å². The molecule has 3 nitrogen and oxygen atoms in total. The van der Waals surface area contributed by atoms with Crippen LogP contribution < -0.4 is 10.6 Å². The molecule has 0 aromatic heterocycles. The summed E-state index contributed by atoms with van der Waals surface area (Å²) in [4.78, 5) is 14.1. The number of benzene rings is 2. The molecule has 0 atom stereocenters. The van der Waals surface area contributed by atoms with Crippen molar-refractivity contribution in [1.82, 2.24) is 0 Å². The lowest BCUT2D eigenvalue weighted by molar-refractivity contribution is 0.101. The second-order valence-corrected chi connectivity index (χ2v) is 5.67. The molecule has 0 radical (unpaired) electrons. The Bertz CT molecular complexity index is 648. The molecular weight excluding hydrogens is 260 g/mol. The van der Waals surface area contributed by atoms with Crippen molar-refractivity contribution >= 4 is 17.2 Å². The fraction of sp³-hybridized carbons (Fsp3) is 0.278. The summed E-state index contributed by atoms with van der Waals surface area (Å²) in [6.07, 6.45) is 2.43. The van der Waals surface area contributed by atoms with Gasteiger partial charge >= 0.3 is 0 Å². The molecule has 0 spiro atoms. The molecule has 1 fully saturated rings. The van der Waals surface area contributed by atoms with Crippen molar-refractivity contribution in [2.75, 3.05) is 10.6 Å². The molecule has 0 unspecified atom stereocenters. The standard InChI is InChI=1S/C18H20N2O/c1-13(21)17-11-16(9-10-18(17)19)20(15-7-8-15)12-14-5-3-2-4-6-14/h2-6,9-11,15H,7-8,12,19H2,1H3. The van der Waals surface area contributed by atoms with Crippen LogP contribution in [-0.2, 0) is 6.54 Å². The van der Waals surface area contributed by atoms with Gasteiger partial charge in [0.15, 0.2) is 5.78 Å². The Labute approximate surface area is 125 Å². The number of nitrogen functional groups attached to an aromatic ring is 1. The highest BCUT2D eigenvalue weighted by Crippen LogP contribution is 2.34. The Hall–Kier alpha value is -2.29. The van der Waals surface area contributed by atoms with E-state index in [9.17, 15) is 4.79 Å². The minimum atomic E-state index is 0.0183. The second kappa shape index (κ2) is 5.60. The van der Waals surface area contributed by atoms with Crippen molar-refractivity contribution in [1.29, 1.82) is 0 Å². The van der Waals surface area contributed by atoms with Gasteiger partial charge < -0.3 is 10.6 Å². The normalized spacial score (nSPS) is 14.0. The van der Waals surface area contributed by atoms with Crippen LogP contribution in [-0.4, -0.2) is 11.8 Å². The third-order valence-corrected chi connectivity index (χ3v) is 3.93. The van der Waals surface area contributed by atoms with Crippen LogP contribution in [0.25, 0.3) is 0 Å². The molecule has 0 amide bonds. The molecule has 0 saturated heterocycles. The summed E-state index contributed by atoms with van der Waals surface area (Å²) in [6, 6.07) is 16.8. The smallest absolute Gasteiger partial charge is 0.161 e. The van der Waals surface area contributed by atoms with Crippen LogP contribution in [0.15, 0.2) is 48.5 Å². The van der Waals surface area contributed by atoms with Gasteiger partial charge in [-0.05, 0) is 43.5 Å². The number of nitrogens with two attached hydrogens (primary N) is 1. The highest BCUT2D eigenvalue weighted by Gasteiger charge is 2.29. The SMILES string of the molecule is CC(=O)c1cc(N(Cc2ccccc2)C2CC2)ccc1N. The summed E-state index contributed by atoms with van der Waals surface area (Å²) >= 11 is 0. The first-order valence-corrected chi connectivity index (χ1v) is 7.36. The van der Waals surface area contributed by atoms with E-state index in [0.717, 1.165) is 12.2 Å². The van der Waals surface area contributed by atoms with Crippen molar-refractivity contribution in [2.45, 2.75) is 32.4 Å². The van der Waals surface area contributed by atoms with Gasteiger partial charge in [0.25, 0.3) is 0 Å². The highest BCUT2D eigenvalue weighted by molar-refractivity contribution is 6.00. The van der Waals surface area contributed by atoms with Crippen LogP contribution in [0, 0.1) is 0 Å². The summed E-state index contributed by atoms with van der Waals surface area (Å²) in [5.74, 6) is 0.0183. The van der Waals surface area contributed by atoms with E-state index in [0.29, 0.717) is 17.3 Å². The van der Waals surface area contributed by atoms with Crippen molar-refractivity contribution in [3.8, 4) is 0 Å². The van der Waals surface area contributed by atoms with Crippen LogP contribution >= 0.6 is 0 Å². The second-order valence-electron chi connectivity index (χ2n) is 5.67. The van der Waals surface area contributed by atoms with Crippen LogP contribution in [0.2, 0.25) is 0 Å². The average molecular weight is 280 g/mol. The van der Waals surface area contributed by atoms with Crippen molar-refractivity contribution in [3.63, 3.8) is 0 Å². The van der Waals surface area contributed by atoms with E-state index in [2.05, 4.69) is 29.2 Å². The largest absolute Gasteiger partial charge is 0.398 e. The third kappa shape index (κ3) is 3.07. The number of rotatable bonds is 5.